The number of amides is 2. The number of piperazine rings is 1. The van der Waals surface area contributed by atoms with E-state index in [-0.39, 0.29) is 22.4 Å². The molecule has 10 heteroatoms. The van der Waals surface area contributed by atoms with Crippen LogP contribution >= 0.6 is 23.4 Å². The molecule has 2 heterocycles. The first kappa shape index (κ1) is 22.3. The summed E-state index contributed by atoms with van der Waals surface area (Å²) in [5.74, 6) is 0.703. The van der Waals surface area contributed by atoms with E-state index in [0.29, 0.717) is 49.2 Å². The zero-order valence-electron chi connectivity index (χ0n) is 17.3. The van der Waals surface area contributed by atoms with E-state index in [0.717, 1.165) is 11.0 Å². The Kier molecular flexibility index (Phi) is 6.76. The van der Waals surface area contributed by atoms with Crippen LogP contribution in [0.2, 0.25) is 5.02 Å². The molecule has 1 aliphatic heterocycles. The number of hydrogen-bond donors (Lipinski definition) is 0. The number of aryl methyl sites for hydroxylation is 1. The van der Waals surface area contributed by atoms with Gasteiger partial charge in [0, 0.05) is 38.0 Å². The molecule has 0 saturated carbocycles. The van der Waals surface area contributed by atoms with Crippen molar-refractivity contribution in [3.8, 4) is 0 Å². The lowest BCUT2D eigenvalue weighted by atomic mass is 10.1. The highest BCUT2D eigenvalue weighted by Crippen LogP contribution is 2.27. The molecule has 166 valence electrons. The Bertz CT molecular complexity index is 1150. The lowest BCUT2D eigenvalue weighted by Gasteiger charge is -2.35. The Balaban J connectivity index is 1.40. The van der Waals surface area contributed by atoms with Crippen molar-refractivity contribution >= 4 is 35.2 Å². The number of hydrogen-bond acceptors (Lipinski definition) is 6. The largest absolute Gasteiger partial charge is 0.340 e. The number of benzene rings is 2. The topological polar surface area (TPSA) is 79.5 Å². The lowest BCUT2D eigenvalue weighted by Crippen LogP contribution is -2.50. The first-order valence-electron chi connectivity index (χ1n) is 9.97. The average Bonchev–Trinajstić information content (AvgIpc) is 3.22. The normalized spacial score (nSPS) is 14.0. The summed E-state index contributed by atoms with van der Waals surface area (Å²) < 4.78 is 18.3. The van der Waals surface area contributed by atoms with Crippen molar-refractivity contribution in [3.63, 3.8) is 0 Å². The molecule has 0 unspecified atom stereocenters. The highest BCUT2D eigenvalue weighted by Gasteiger charge is 2.27. The Labute approximate surface area is 193 Å². The number of nitrogens with zero attached hydrogens (tertiary/aromatic N) is 4. The van der Waals surface area contributed by atoms with Crippen LogP contribution in [0, 0.1) is 12.7 Å². The zero-order valence-corrected chi connectivity index (χ0v) is 18.8. The second-order valence-electron chi connectivity index (χ2n) is 7.22. The van der Waals surface area contributed by atoms with Crippen LogP contribution in [0.25, 0.3) is 0 Å². The van der Waals surface area contributed by atoms with Gasteiger partial charge >= 0.3 is 0 Å². The van der Waals surface area contributed by atoms with Crippen molar-refractivity contribution in [3.05, 3.63) is 76.1 Å². The van der Waals surface area contributed by atoms with Crippen molar-refractivity contribution in [2.24, 2.45) is 0 Å². The molecule has 0 bridgehead atoms. The maximum atomic E-state index is 13.3. The fourth-order valence-electron chi connectivity index (χ4n) is 3.43. The molecular weight excluding hydrogens is 455 g/mol. The zero-order chi connectivity index (χ0) is 22.7. The molecule has 2 amide bonds. The van der Waals surface area contributed by atoms with E-state index in [1.165, 1.54) is 23.9 Å². The fourth-order valence-corrected chi connectivity index (χ4v) is 4.56. The van der Waals surface area contributed by atoms with Crippen LogP contribution in [0.5, 0.6) is 0 Å². The van der Waals surface area contributed by atoms with E-state index < -0.39 is 5.82 Å². The molecule has 0 N–H and O–H groups in total. The van der Waals surface area contributed by atoms with Crippen LogP contribution in [-0.4, -0.2) is 57.9 Å². The van der Waals surface area contributed by atoms with Gasteiger partial charge in [0.25, 0.3) is 11.8 Å². The molecule has 1 aliphatic rings. The van der Waals surface area contributed by atoms with E-state index in [2.05, 4.69) is 10.1 Å². The smallest absolute Gasteiger partial charge is 0.255 e. The third-order valence-electron chi connectivity index (χ3n) is 5.06. The summed E-state index contributed by atoms with van der Waals surface area (Å²) in [4.78, 5) is 34.3. The van der Waals surface area contributed by atoms with E-state index in [9.17, 15) is 14.0 Å². The summed E-state index contributed by atoms with van der Waals surface area (Å²) in [6, 6.07) is 11.1. The summed E-state index contributed by atoms with van der Waals surface area (Å²) in [5.41, 5.74) is 0.852. The van der Waals surface area contributed by atoms with Crippen molar-refractivity contribution < 1.29 is 18.5 Å². The Morgan fingerprint density at radius 1 is 1.06 bits per heavy atom. The summed E-state index contributed by atoms with van der Waals surface area (Å²) in [5, 5.41) is 3.97. The Hall–Kier alpha value is -2.91. The van der Waals surface area contributed by atoms with E-state index in [1.807, 2.05) is 18.2 Å². The number of thioether (sulfide) groups is 1. The van der Waals surface area contributed by atoms with Gasteiger partial charge in [-0.3, -0.25) is 9.59 Å². The van der Waals surface area contributed by atoms with Gasteiger partial charge < -0.3 is 14.3 Å². The van der Waals surface area contributed by atoms with Gasteiger partial charge in [0.15, 0.2) is 5.82 Å². The number of aromatic nitrogens is 2. The second kappa shape index (κ2) is 9.70. The molecule has 32 heavy (non-hydrogen) atoms. The van der Waals surface area contributed by atoms with E-state index >= 15 is 0 Å². The number of rotatable bonds is 5. The van der Waals surface area contributed by atoms with Crippen LogP contribution in [0.3, 0.4) is 0 Å². The highest BCUT2D eigenvalue weighted by atomic mass is 35.5. The number of carbonyl (C=O) groups excluding carboxylic acids is 2. The Morgan fingerprint density at radius 2 is 1.72 bits per heavy atom. The predicted molar refractivity (Wildman–Crippen MR) is 118 cm³/mol. The van der Waals surface area contributed by atoms with Gasteiger partial charge in [-0.25, -0.2) is 4.39 Å². The molecule has 0 spiro atoms. The van der Waals surface area contributed by atoms with Gasteiger partial charge in [0.1, 0.15) is 5.82 Å². The summed E-state index contributed by atoms with van der Waals surface area (Å²) >= 11 is 7.50. The van der Waals surface area contributed by atoms with E-state index in [4.69, 9.17) is 16.1 Å². The van der Waals surface area contributed by atoms with Gasteiger partial charge in [-0.05, 0) is 30.3 Å². The van der Waals surface area contributed by atoms with Gasteiger partial charge in [-0.15, -0.1) is 11.8 Å². The SMILES string of the molecule is Cc1nc(CSc2ccccc2C(=O)N2CCN(C(=O)c3ccc(F)cc3Cl)CC2)no1. The first-order chi connectivity index (χ1) is 15.4. The number of halogens is 2. The summed E-state index contributed by atoms with van der Waals surface area (Å²) in [6.45, 7) is 3.26. The van der Waals surface area contributed by atoms with Gasteiger partial charge in [0.2, 0.25) is 5.89 Å². The minimum Gasteiger partial charge on any atom is -0.340 e. The van der Waals surface area contributed by atoms with Gasteiger partial charge in [-0.1, -0.05) is 28.9 Å². The quantitative estimate of drug-likeness (QED) is 0.519. The first-order valence-corrected chi connectivity index (χ1v) is 11.3. The highest BCUT2D eigenvalue weighted by molar-refractivity contribution is 7.98. The summed E-state index contributed by atoms with van der Waals surface area (Å²) in [7, 11) is 0. The van der Waals surface area contributed by atoms with E-state index in [1.54, 1.807) is 22.8 Å². The molecule has 2 aromatic carbocycles. The molecule has 4 rings (SSSR count). The molecule has 0 radical (unpaired) electrons. The monoisotopic (exact) mass is 474 g/mol. The van der Waals surface area contributed by atoms with Gasteiger partial charge in [-0.2, -0.15) is 4.98 Å². The van der Waals surface area contributed by atoms with Crippen LogP contribution in [0.4, 0.5) is 4.39 Å². The van der Waals surface area contributed by atoms with Crippen molar-refractivity contribution in [2.45, 2.75) is 17.6 Å². The summed E-state index contributed by atoms with van der Waals surface area (Å²) in [6.07, 6.45) is 0. The Morgan fingerprint density at radius 3 is 2.34 bits per heavy atom. The molecule has 0 aliphatic carbocycles. The fraction of sp³-hybridized carbons (Fsp3) is 0.273. The van der Waals surface area contributed by atoms with Crippen LogP contribution in [0.15, 0.2) is 51.9 Å². The third-order valence-corrected chi connectivity index (χ3v) is 6.44. The minimum absolute atomic E-state index is 0.0799. The molecule has 0 atom stereocenters. The van der Waals surface area contributed by atoms with Crippen LogP contribution in [-0.2, 0) is 5.75 Å². The van der Waals surface area contributed by atoms with Crippen LogP contribution in [0.1, 0.15) is 32.4 Å². The second-order valence-corrected chi connectivity index (χ2v) is 8.65. The molecule has 3 aromatic rings. The molecule has 1 fully saturated rings. The molecular formula is C22H20ClFN4O3S. The minimum atomic E-state index is -0.493. The number of carbonyl (C=O) groups is 2. The van der Waals surface area contributed by atoms with Gasteiger partial charge in [0.05, 0.1) is 21.9 Å². The predicted octanol–water partition coefficient (Wildman–Crippen LogP) is 4.06. The molecule has 1 aromatic heterocycles. The maximum Gasteiger partial charge on any atom is 0.255 e. The lowest BCUT2D eigenvalue weighted by molar-refractivity contribution is 0.0533. The average molecular weight is 475 g/mol. The standard InChI is InChI=1S/C22H20ClFN4O3S/c1-14-25-20(26-31-14)13-32-19-5-3-2-4-17(19)22(30)28-10-8-27(9-11-28)21(29)16-7-6-15(24)12-18(16)23/h2-7,12H,8-11,13H2,1H3. The van der Waals surface area contributed by atoms with Crippen molar-refractivity contribution in [2.75, 3.05) is 26.2 Å². The van der Waals surface area contributed by atoms with Crippen LogP contribution < -0.4 is 0 Å². The maximum absolute atomic E-state index is 13.3. The molecule has 1 saturated heterocycles. The van der Waals surface area contributed by atoms with Crippen molar-refractivity contribution in [1.82, 2.24) is 19.9 Å². The molecule has 7 nitrogen and oxygen atoms in total. The third kappa shape index (κ3) is 4.94. The van der Waals surface area contributed by atoms with Crippen molar-refractivity contribution in [1.29, 1.82) is 0 Å².